The molecule has 1 amide bonds. The van der Waals surface area contributed by atoms with Crippen LogP contribution < -0.4 is 17.0 Å². The van der Waals surface area contributed by atoms with E-state index in [1.807, 2.05) is 5.43 Å². The number of nitrogen functional groups attached to an aromatic ring is 1. The van der Waals surface area contributed by atoms with Crippen LogP contribution in [0.5, 0.6) is 0 Å². The number of nitrogens with zero attached hydrogens (tertiary/aromatic N) is 3. The molecule has 290 valence electrons. The molecule has 4 aromatic rings. The fourth-order valence-electron chi connectivity index (χ4n) is 2.68. The summed E-state index contributed by atoms with van der Waals surface area (Å²) < 4.78 is 115. The van der Waals surface area contributed by atoms with Crippen LogP contribution in [0.1, 0.15) is 30.8 Å². The van der Waals surface area contributed by atoms with Crippen molar-refractivity contribution in [1.82, 2.24) is 20.6 Å². The van der Waals surface area contributed by atoms with Crippen LogP contribution in [-0.4, -0.2) is 45.7 Å². The van der Waals surface area contributed by atoms with E-state index < -0.39 is 41.6 Å². The second-order valence-electron chi connectivity index (χ2n) is 8.82. The number of aromatic amines is 1. The van der Waals surface area contributed by atoms with E-state index in [9.17, 15) is 49.1 Å². The fourth-order valence-corrected chi connectivity index (χ4v) is 3.68. The molecule has 0 bridgehead atoms. The number of rotatable bonds is 3. The second-order valence-corrected chi connectivity index (χ2v) is 11.6. The van der Waals surface area contributed by atoms with Gasteiger partial charge < -0.3 is 10.5 Å². The van der Waals surface area contributed by atoms with Crippen molar-refractivity contribution in [3.05, 3.63) is 102 Å². The predicted molar refractivity (Wildman–Crippen MR) is 186 cm³/mol. The Hall–Kier alpha value is -4.24. The minimum atomic E-state index is -4.85. The summed E-state index contributed by atoms with van der Waals surface area (Å²) >= 11 is 9.21. The van der Waals surface area contributed by atoms with Crippen molar-refractivity contribution in [2.75, 3.05) is 6.61 Å². The van der Waals surface area contributed by atoms with Crippen LogP contribution in [0.2, 0.25) is 0 Å². The Labute approximate surface area is 325 Å². The van der Waals surface area contributed by atoms with Crippen LogP contribution in [0.15, 0.2) is 68.0 Å². The molecule has 7 N–H and O–H groups in total. The van der Waals surface area contributed by atoms with Crippen LogP contribution in [-0.2, 0) is 20.5 Å². The van der Waals surface area contributed by atoms with E-state index in [1.165, 1.54) is 50.2 Å². The summed E-state index contributed by atoms with van der Waals surface area (Å²) in [7, 11) is 0. The number of nitriles is 1. The number of alkyl halides is 6. The number of benzene rings is 3. The third-order valence-corrected chi connectivity index (χ3v) is 6.39. The third-order valence-electron chi connectivity index (χ3n) is 4.91. The highest BCUT2D eigenvalue weighted by molar-refractivity contribution is 9.11. The number of H-pyrrole nitrogens is 1. The average molecular weight is 980 g/mol. The van der Waals surface area contributed by atoms with Gasteiger partial charge in [-0.25, -0.2) is 28.8 Å². The summed E-state index contributed by atoms with van der Waals surface area (Å²) in [5.41, 5.74) is 7.09. The Morgan fingerprint density at radius 3 is 1.74 bits per heavy atom. The molecule has 11 nitrogen and oxygen atoms in total. The standard InChI is InChI=1S/C9H4BrF4N3.C7H6BrFN2.C7H3BrFN.C4H5F3O2.C2H6N2O.ClH/c10-4-1-2-5(6(11)3-4)7-15-8(17-16-7)9(12,13)14;8-4-1-2-5(7(10)11)6(9)3-4;8-6-2-1-5(4-10)7(9)3-6;1-2-9-3(8)4(5,6)7;1-2(5)4-3;/h1-3H,(H,15,16,17);1-3H,(H3,10,11);1-3H;2H2,1H3;3H2,1H3,(H,4,5);1H. The molecule has 1 heterocycles. The van der Waals surface area contributed by atoms with Crippen molar-refractivity contribution in [2.24, 2.45) is 11.6 Å². The summed E-state index contributed by atoms with van der Waals surface area (Å²) in [6.45, 7) is 2.40. The lowest BCUT2D eigenvalue weighted by Crippen LogP contribution is -2.26. The molecule has 0 atom stereocenters. The van der Waals surface area contributed by atoms with Crippen LogP contribution in [0, 0.1) is 34.2 Å². The zero-order chi connectivity index (χ0) is 40.4. The summed E-state index contributed by atoms with van der Waals surface area (Å²) in [6.07, 6.45) is -9.48. The molecule has 24 heteroatoms. The Bertz CT molecular complexity index is 1860. The molecule has 0 aliphatic heterocycles. The number of halogens is 13. The summed E-state index contributed by atoms with van der Waals surface area (Å²) in [6, 6.07) is 14.3. The number of hydrogen-bond acceptors (Lipinski definition) is 8. The molecule has 0 aliphatic carbocycles. The SMILES string of the molecule is CC(=O)NN.CCOC(=O)C(F)(F)F.Cl.Fc1cc(Br)ccc1-c1n[nH]c(C(F)(F)F)n1.N#Cc1ccc(Br)cc1F.N=C(N)c1ccc(Br)cc1F. The summed E-state index contributed by atoms with van der Waals surface area (Å²) in [5.74, 6) is -1.29. The van der Waals surface area contributed by atoms with Crippen molar-refractivity contribution >= 4 is 77.9 Å². The summed E-state index contributed by atoms with van der Waals surface area (Å²) in [5, 5.41) is 20.3. The van der Waals surface area contributed by atoms with E-state index >= 15 is 0 Å². The molecule has 0 unspecified atom stereocenters. The number of amides is 1. The van der Waals surface area contributed by atoms with Crippen LogP contribution in [0.4, 0.5) is 39.5 Å². The highest BCUT2D eigenvalue weighted by Gasteiger charge is 2.40. The van der Waals surface area contributed by atoms with Gasteiger partial charge in [-0.05, 0) is 61.5 Å². The van der Waals surface area contributed by atoms with Crippen molar-refractivity contribution < 1.29 is 53.8 Å². The van der Waals surface area contributed by atoms with E-state index in [0.717, 1.165) is 6.07 Å². The van der Waals surface area contributed by atoms with E-state index in [-0.39, 0.29) is 53.3 Å². The Balaban J connectivity index is 0. The fraction of sp³-hybridized carbons (Fsp3) is 0.172. The van der Waals surface area contributed by atoms with Crippen LogP contribution in [0.3, 0.4) is 0 Å². The number of amidine groups is 1. The molecule has 1 aromatic heterocycles. The van der Waals surface area contributed by atoms with Crippen LogP contribution >= 0.6 is 60.2 Å². The van der Waals surface area contributed by atoms with E-state index in [4.69, 9.17) is 16.4 Å². The molecule has 0 aliphatic rings. The molecular formula is C29H25Br3ClF9N8O3. The Morgan fingerprint density at radius 1 is 0.925 bits per heavy atom. The van der Waals surface area contributed by atoms with Crippen molar-refractivity contribution in [3.8, 4) is 17.5 Å². The lowest BCUT2D eigenvalue weighted by Gasteiger charge is -2.02. The van der Waals surface area contributed by atoms with Crippen molar-refractivity contribution in [3.63, 3.8) is 0 Å². The number of esters is 1. The largest absolute Gasteiger partial charge is 0.490 e. The molecule has 53 heavy (non-hydrogen) atoms. The highest BCUT2D eigenvalue weighted by atomic mass is 79.9. The smallest absolute Gasteiger partial charge is 0.459 e. The number of hydrogen-bond donors (Lipinski definition) is 5. The second kappa shape index (κ2) is 24.1. The van der Waals surface area contributed by atoms with Gasteiger partial charge in [0.2, 0.25) is 11.7 Å². The lowest BCUT2D eigenvalue weighted by molar-refractivity contribution is -0.199. The average Bonchev–Trinajstić information content (AvgIpc) is 3.53. The van der Waals surface area contributed by atoms with Gasteiger partial charge in [-0.1, -0.05) is 47.8 Å². The molecule has 3 aromatic carbocycles. The number of carbonyl (C=O) groups excluding carboxylic acids is 2. The zero-order valence-electron chi connectivity index (χ0n) is 26.6. The first-order chi connectivity index (χ1) is 24.0. The first-order valence-electron chi connectivity index (χ1n) is 13.3. The quantitative estimate of drug-likeness (QED) is 0.0257. The molecular weight excluding hydrogens is 955 g/mol. The summed E-state index contributed by atoms with van der Waals surface area (Å²) in [4.78, 5) is 22.5. The van der Waals surface area contributed by atoms with E-state index in [0.29, 0.717) is 13.4 Å². The molecule has 0 spiro atoms. The minimum absolute atomic E-state index is 0. The Morgan fingerprint density at radius 2 is 1.40 bits per heavy atom. The zero-order valence-corrected chi connectivity index (χ0v) is 32.1. The van der Waals surface area contributed by atoms with Crippen molar-refractivity contribution in [2.45, 2.75) is 26.2 Å². The Kier molecular flexibility index (Phi) is 23.2. The number of hydrazine groups is 1. The van der Waals surface area contributed by atoms with Gasteiger partial charge in [-0.15, -0.1) is 12.4 Å². The number of carbonyl (C=O) groups is 2. The first-order valence-corrected chi connectivity index (χ1v) is 15.7. The van der Waals surface area contributed by atoms with E-state index in [1.54, 1.807) is 23.3 Å². The van der Waals surface area contributed by atoms with E-state index in [2.05, 4.69) is 68.5 Å². The maximum absolute atomic E-state index is 13.4. The predicted octanol–water partition coefficient (Wildman–Crippen LogP) is 8.25. The molecule has 0 radical (unpaired) electrons. The van der Waals surface area contributed by atoms with Gasteiger partial charge in [0, 0.05) is 20.3 Å². The van der Waals surface area contributed by atoms with Crippen molar-refractivity contribution in [1.29, 1.82) is 10.7 Å². The lowest BCUT2D eigenvalue weighted by atomic mass is 10.2. The monoisotopic (exact) mass is 976 g/mol. The normalized spacial score (nSPS) is 10.0. The molecule has 0 saturated carbocycles. The van der Waals surface area contributed by atoms with Crippen LogP contribution in [0.25, 0.3) is 11.4 Å². The third kappa shape index (κ3) is 20.0. The maximum Gasteiger partial charge on any atom is 0.490 e. The first kappa shape index (κ1) is 50.9. The minimum Gasteiger partial charge on any atom is -0.459 e. The van der Waals surface area contributed by atoms with Gasteiger partial charge in [-0.2, -0.15) is 36.7 Å². The number of ether oxygens (including phenoxy) is 1. The van der Waals surface area contributed by atoms with Gasteiger partial charge in [0.1, 0.15) is 29.4 Å². The topological polar surface area (TPSA) is 197 Å². The highest BCUT2D eigenvalue weighted by Crippen LogP contribution is 2.29. The number of nitrogens with one attached hydrogen (secondary N) is 3. The van der Waals surface area contributed by atoms with Gasteiger partial charge in [0.05, 0.1) is 23.3 Å². The van der Waals surface area contributed by atoms with Gasteiger partial charge >= 0.3 is 18.3 Å². The van der Waals surface area contributed by atoms with Gasteiger partial charge in [-0.3, -0.25) is 20.7 Å². The molecule has 0 fully saturated rings. The van der Waals surface area contributed by atoms with Gasteiger partial charge in [0.25, 0.3) is 0 Å². The molecule has 4 rings (SSSR count). The number of nitrogens with two attached hydrogens (primary N) is 2. The number of aromatic nitrogens is 3. The maximum atomic E-state index is 13.4. The molecule has 0 saturated heterocycles. The van der Waals surface area contributed by atoms with Gasteiger partial charge in [0.15, 0.2) is 5.82 Å².